The molecule has 0 bridgehead atoms. The first-order chi connectivity index (χ1) is 12.0. The molecule has 0 saturated heterocycles. The molecule has 0 spiro atoms. The van der Waals surface area contributed by atoms with E-state index < -0.39 is 0 Å². The zero-order chi connectivity index (χ0) is 17.8. The molecule has 0 aliphatic heterocycles. The normalized spacial score (nSPS) is 14.9. The molecular formula is C21H27NO3. The molecule has 1 aromatic carbocycles. The van der Waals surface area contributed by atoms with E-state index in [1.807, 2.05) is 12.1 Å². The van der Waals surface area contributed by atoms with Crippen LogP contribution in [0.15, 0.2) is 34.7 Å². The number of benzene rings is 1. The van der Waals surface area contributed by atoms with E-state index in [0.717, 1.165) is 24.2 Å². The Labute approximate surface area is 149 Å². The molecule has 1 heterocycles. The summed E-state index contributed by atoms with van der Waals surface area (Å²) in [5.41, 5.74) is 2.34. The Bertz CT molecular complexity index is 726. The van der Waals surface area contributed by atoms with Crippen LogP contribution in [0.1, 0.15) is 72.9 Å². The minimum atomic E-state index is -0.128. The van der Waals surface area contributed by atoms with Crippen LogP contribution in [0.3, 0.4) is 0 Å². The summed E-state index contributed by atoms with van der Waals surface area (Å²) < 4.78 is 11.6. The maximum atomic E-state index is 12.2. The molecule has 1 aromatic heterocycles. The van der Waals surface area contributed by atoms with Gasteiger partial charge in [0.05, 0.1) is 0 Å². The van der Waals surface area contributed by atoms with Gasteiger partial charge in [-0.3, -0.25) is 4.79 Å². The number of rotatable bonds is 6. The molecular weight excluding hydrogens is 314 g/mol. The number of amides is 1. The van der Waals surface area contributed by atoms with Gasteiger partial charge >= 0.3 is 0 Å². The molecule has 1 amide bonds. The van der Waals surface area contributed by atoms with Crippen molar-refractivity contribution >= 4 is 5.91 Å². The summed E-state index contributed by atoms with van der Waals surface area (Å²) in [5, 5.41) is 3.04. The van der Waals surface area contributed by atoms with Crippen molar-refractivity contribution in [2.45, 2.75) is 65.0 Å². The number of carbonyl (C=O) groups is 1. The molecule has 134 valence electrons. The highest BCUT2D eigenvalue weighted by Gasteiger charge is 2.20. The van der Waals surface area contributed by atoms with Crippen molar-refractivity contribution in [3.05, 3.63) is 53.0 Å². The van der Waals surface area contributed by atoms with Gasteiger partial charge in [0.1, 0.15) is 18.1 Å². The molecule has 2 aromatic rings. The van der Waals surface area contributed by atoms with Crippen LogP contribution >= 0.6 is 0 Å². The minimum Gasteiger partial charge on any atom is -0.485 e. The summed E-state index contributed by atoms with van der Waals surface area (Å²) in [6.45, 7) is 6.67. The van der Waals surface area contributed by atoms with Gasteiger partial charge in [0.2, 0.25) is 0 Å². The molecule has 1 N–H and O–H groups in total. The Balaban J connectivity index is 1.62. The Morgan fingerprint density at radius 2 is 2.00 bits per heavy atom. The zero-order valence-electron chi connectivity index (χ0n) is 15.3. The first kappa shape index (κ1) is 17.6. The standard InChI is InChI=1S/C21H27NO3/c1-14(2)18-10-8-15(3)12-20(18)24-13-17-9-11-19(25-17)21(23)22-16-6-4-5-7-16/h8-12,14,16H,4-7,13H2,1-3H3,(H,22,23). The van der Waals surface area contributed by atoms with Crippen LogP contribution in [0.4, 0.5) is 0 Å². The minimum absolute atomic E-state index is 0.128. The zero-order valence-corrected chi connectivity index (χ0v) is 15.3. The lowest BCUT2D eigenvalue weighted by Gasteiger charge is -2.14. The molecule has 3 rings (SSSR count). The summed E-state index contributed by atoms with van der Waals surface area (Å²) in [4.78, 5) is 12.2. The summed E-state index contributed by atoms with van der Waals surface area (Å²) in [6.07, 6.45) is 4.51. The number of furan rings is 1. The van der Waals surface area contributed by atoms with Gasteiger partial charge in [0, 0.05) is 6.04 Å². The predicted molar refractivity (Wildman–Crippen MR) is 98.0 cm³/mol. The van der Waals surface area contributed by atoms with E-state index in [2.05, 4.69) is 38.2 Å². The summed E-state index contributed by atoms with van der Waals surface area (Å²) >= 11 is 0. The van der Waals surface area contributed by atoms with Gasteiger partial charge in [-0.1, -0.05) is 38.8 Å². The lowest BCUT2D eigenvalue weighted by Crippen LogP contribution is -2.32. The van der Waals surface area contributed by atoms with E-state index in [1.54, 1.807) is 6.07 Å². The first-order valence-electron chi connectivity index (χ1n) is 9.16. The van der Waals surface area contributed by atoms with E-state index in [1.165, 1.54) is 18.4 Å². The van der Waals surface area contributed by atoms with Crippen molar-refractivity contribution in [1.82, 2.24) is 5.32 Å². The molecule has 0 atom stereocenters. The van der Waals surface area contributed by atoms with Gasteiger partial charge < -0.3 is 14.5 Å². The van der Waals surface area contributed by atoms with Crippen LogP contribution in [-0.4, -0.2) is 11.9 Å². The van der Waals surface area contributed by atoms with Crippen LogP contribution in [0.25, 0.3) is 0 Å². The molecule has 4 heteroatoms. The molecule has 4 nitrogen and oxygen atoms in total. The highest BCUT2D eigenvalue weighted by Crippen LogP contribution is 2.28. The van der Waals surface area contributed by atoms with E-state index in [9.17, 15) is 4.79 Å². The van der Waals surface area contributed by atoms with Crippen LogP contribution in [0, 0.1) is 6.92 Å². The maximum absolute atomic E-state index is 12.2. The van der Waals surface area contributed by atoms with Crippen molar-refractivity contribution in [2.24, 2.45) is 0 Å². The smallest absolute Gasteiger partial charge is 0.287 e. The number of nitrogens with one attached hydrogen (secondary N) is 1. The highest BCUT2D eigenvalue weighted by atomic mass is 16.5. The van der Waals surface area contributed by atoms with Gasteiger partial charge in [0.15, 0.2) is 5.76 Å². The van der Waals surface area contributed by atoms with Crippen LogP contribution in [0.2, 0.25) is 0 Å². The Kier molecular flexibility index (Phi) is 5.47. The van der Waals surface area contributed by atoms with Crippen molar-refractivity contribution < 1.29 is 13.9 Å². The molecule has 1 aliphatic carbocycles. The van der Waals surface area contributed by atoms with E-state index in [0.29, 0.717) is 24.0 Å². The molecule has 1 fully saturated rings. The molecule has 1 aliphatic rings. The molecule has 25 heavy (non-hydrogen) atoms. The van der Waals surface area contributed by atoms with Crippen molar-refractivity contribution in [3.8, 4) is 5.75 Å². The Morgan fingerprint density at radius 1 is 1.24 bits per heavy atom. The Morgan fingerprint density at radius 3 is 2.72 bits per heavy atom. The summed E-state index contributed by atoms with van der Waals surface area (Å²) in [7, 11) is 0. The van der Waals surface area contributed by atoms with Gasteiger partial charge in [0.25, 0.3) is 5.91 Å². The number of carbonyl (C=O) groups excluding carboxylic acids is 1. The van der Waals surface area contributed by atoms with Crippen LogP contribution in [0.5, 0.6) is 5.75 Å². The van der Waals surface area contributed by atoms with Gasteiger partial charge in [-0.25, -0.2) is 0 Å². The fraction of sp³-hybridized carbons (Fsp3) is 0.476. The third-order valence-electron chi connectivity index (χ3n) is 4.74. The predicted octanol–water partition coefficient (Wildman–Crippen LogP) is 4.96. The third-order valence-corrected chi connectivity index (χ3v) is 4.74. The van der Waals surface area contributed by atoms with Crippen LogP contribution < -0.4 is 10.1 Å². The second-order valence-electron chi connectivity index (χ2n) is 7.21. The maximum Gasteiger partial charge on any atom is 0.287 e. The Hall–Kier alpha value is -2.23. The van der Waals surface area contributed by atoms with Gasteiger partial charge in [-0.15, -0.1) is 0 Å². The SMILES string of the molecule is Cc1ccc(C(C)C)c(OCc2ccc(C(=O)NC3CCCC3)o2)c1. The van der Waals surface area contributed by atoms with Crippen molar-refractivity contribution in [2.75, 3.05) is 0 Å². The average Bonchev–Trinajstić information content (AvgIpc) is 3.24. The van der Waals surface area contributed by atoms with Crippen LogP contribution in [-0.2, 0) is 6.61 Å². The fourth-order valence-corrected chi connectivity index (χ4v) is 3.30. The van der Waals surface area contributed by atoms with E-state index >= 15 is 0 Å². The molecule has 0 radical (unpaired) electrons. The quantitative estimate of drug-likeness (QED) is 0.807. The molecule has 0 unspecified atom stereocenters. The largest absolute Gasteiger partial charge is 0.485 e. The lowest BCUT2D eigenvalue weighted by molar-refractivity contribution is 0.0905. The molecule has 1 saturated carbocycles. The van der Waals surface area contributed by atoms with E-state index in [-0.39, 0.29) is 11.9 Å². The van der Waals surface area contributed by atoms with E-state index in [4.69, 9.17) is 9.15 Å². The summed E-state index contributed by atoms with van der Waals surface area (Å²) in [6, 6.07) is 10.1. The highest BCUT2D eigenvalue weighted by molar-refractivity contribution is 5.91. The number of ether oxygens (including phenoxy) is 1. The van der Waals surface area contributed by atoms with Gasteiger partial charge in [-0.05, 0) is 55.0 Å². The van der Waals surface area contributed by atoms with Crippen molar-refractivity contribution in [1.29, 1.82) is 0 Å². The number of hydrogen-bond acceptors (Lipinski definition) is 3. The monoisotopic (exact) mass is 341 g/mol. The number of hydrogen-bond donors (Lipinski definition) is 1. The topological polar surface area (TPSA) is 51.5 Å². The van der Waals surface area contributed by atoms with Crippen molar-refractivity contribution in [3.63, 3.8) is 0 Å². The third kappa shape index (κ3) is 4.44. The second-order valence-corrected chi connectivity index (χ2v) is 7.21. The van der Waals surface area contributed by atoms with Gasteiger partial charge in [-0.2, -0.15) is 0 Å². The summed E-state index contributed by atoms with van der Waals surface area (Å²) in [5.74, 6) is 2.16. The number of aryl methyl sites for hydroxylation is 1. The lowest BCUT2D eigenvalue weighted by atomic mass is 10.0. The second kappa shape index (κ2) is 7.77. The fourth-order valence-electron chi connectivity index (χ4n) is 3.30. The first-order valence-corrected chi connectivity index (χ1v) is 9.16. The average molecular weight is 341 g/mol.